The van der Waals surface area contributed by atoms with E-state index in [1.54, 1.807) is 0 Å². The molecular weight excluding hydrogens is 393 g/mol. The van der Waals surface area contributed by atoms with E-state index in [4.69, 9.17) is 0 Å². The van der Waals surface area contributed by atoms with Gasteiger partial charge >= 0.3 is 0 Å². The van der Waals surface area contributed by atoms with Crippen molar-refractivity contribution in [1.82, 2.24) is 0 Å². The molecule has 1 rings (SSSR count). The van der Waals surface area contributed by atoms with Crippen molar-refractivity contribution in [3.8, 4) is 0 Å². The molecule has 0 N–H and O–H groups in total. The summed E-state index contributed by atoms with van der Waals surface area (Å²) in [6.07, 6.45) is 23.0. The Bertz CT molecular complexity index is 347. The van der Waals surface area contributed by atoms with Crippen molar-refractivity contribution in [2.45, 2.75) is 104 Å². The molecule has 0 aliphatic heterocycles. The molecule has 0 fully saturated rings. The number of halogens is 1. The molecule has 0 amide bonds. The van der Waals surface area contributed by atoms with Crippen LogP contribution in [0.2, 0.25) is 0 Å². The molecule has 0 saturated carbocycles. The van der Waals surface area contributed by atoms with Crippen molar-refractivity contribution in [2.24, 2.45) is 0 Å². The Labute approximate surface area is 162 Å². The maximum atomic E-state index is 2.31. The van der Waals surface area contributed by atoms with E-state index >= 15 is 0 Å². The Hall–Kier alpha value is -0.120. The van der Waals surface area contributed by atoms with Gasteiger partial charge < -0.3 is 24.0 Å². The van der Waals surface area contributed by atoms with Gasteiger partial charge in [-0.2, -0.15) is 0 Å². The van der Waals surface area contributed by atoms with E-state index in [1.165, 1.54) is 95.6 Å². The maximum absolute atomic E-state index is 2.31. The van der Waals surface area contributed by atoms with Crippen molar-refractivity contribution in [3.63, 3.8) is 0 Å². The van der Waals surface area contributed by atoms with Crippen LogP contribution in [0.1, 0.15) is 96.0 Å². The molecule has 1 nitrogen and oxygen atoms in total. The van der Waals surface area contributed by atoms with Crippen LogP contribution in [0.4, 0.5) is 0 Å². The van der Waals surface area contributed by atoms with E-state index in [9.17, 15) is 0 Å². The molecule has 1 aromatic heterocycles. The van der Waals surface area contributed by atoms with Crippen LogP contribution in [0.15, 0.2) is 24.5 Å². The van der Waals surface area contributed by atoms with Crippen molar-refractivity contribution >= 4 is 0 Å². The Kier molecular flexibility index (Phi) is 16.6. The quantitative estimate of drug-likeness (QED) is 0.242. The number of rotatable bonds is 14. The van der Waals surface area contributed by atoms with Crippen LogP contribution in [-0.2, 0) is 6.54 Å². The van der Waals surface area contributed by atoms with Gasteiger partial charge in [-0.1, -0.05) is 77.6 Å². The lowest BCUT2D eigenvalue weighted by molar-refractivity contribution is -0.697. The summed E-state index contributed by atoms with van der Waals surface area (Å²) in [6, 6.07) is 4.39. The summed E-state index contributed by atoms with van der Waals surface area (Å²) in [5.74, 6) is 0. The van der Waals surface area contributed by atoms with Crippen LogP contribution in [0.3, 0.4) is 0 Å². The second-order valence-corrected chi connectivity index (χ2v) is 6.86. The maximum Gasteiger partial charge on any atom is 0.169 e. The summed E-state index contributed by atoms with van der Waals surface area (Å²) in [6.45, 7) is 5.62. The molecule has 0 radical (unpaired) electrons. The number of aryl methyl sites for hydroxylation is 2. The topological polar surface area (TPSA) is 3.88 Å². The van der Waals surface area contributed by atoms with Gasteiger partial charge in [-0.25, -0.2) is 4.57 Å². The molecule has 1 heterocycles. The smallest absolute Gasteiger partial charge is 0.169 e. The van der Waals surface area contributed by atoms with Crippen molar-refractivity contribution in [3.05, 3.63) is 30.1 Å². The highest BCUT2D eigenvalue weighted by atomic mass is 127. The molecule has 0 bridgehead atoms. The molecule has 0 spiro atoms. The number of nitrogens with zero attached hydrogens (tertiary/aromatic N) is 1. The first kappa shape index (κ1) is 22.9. The lowest BCUT2D eigenvalue weighted by Crippen LogP contribution is -3.00. The highest BCUT2D eigenvalue weighted by Crippen LogP contribution is 2.12. The highest BCUT2D eigenvalue weighted by Gasteiger charge is 1.99. The third-order valence-corrected chi connectivity index (χ3v) is 4.58. The van der Waals surface area contributed by atoms with E-state index in [2.05, 4.69) is 42.9 Å². The monoisotopic (exact) mass is 431 g/mol. The minimum atomic E-state index is 0. The van der Waals surface area contributed by atoms with Crippen LogP contribution in [-0.4, -0.2) is 0 Å². The molecule has 0 aromatic carbocycles. The highest BCUT2D eigenvalue weighted by molar-refractivity contribution is 5.03. The fraction of sp³-hybridized carbons (Fsp3) is 0.762. The van der Waals surface area contributed by atoms with E-state index < -0.39 is 0 Å². The second kappa shape index (κ2) is 16.7. The zero-order valence-electron chi connectivity index (χ0n) is 15.5. The zero-order chi connectivity index (χ0) is 15.9. The minimum absolute atomic E-state index is 0. The van der Waals surface area contributed by atoms with Crippen LogP contribution in [0.5, 0.6) is 0 Å². The lowest BCUT2D eigenvalue weighted by Gasteiger charge is -2.02. The van der Waals surface area contributed by atoms with Gasteiger partial charge in [-0.15, -0.1) is 0 Å². The van der Waals surface area contributed by atoms with E-state index in [0.717, 1.165) is 0 Å². The Balaban J connectivity index is 0.00000484. The summed E-state index contributed by atoms with van der Waals surface area (Å²) >= 11 is 0. The standard InChI is InChI=1S/C21H38N.HI/c1-3-4-5-6-7-8-9-10-11-12-13-14-15-18-22-19-16-21(2)17-20-22;/h16-17,19-20H,3-15,18H2,1-2H3;1H/q+1;/p-1. The lowest BCUT2D eigenvalue weighted by atomic mass is 10.0. The third-order valence-electron chi connectivity index (χ3n) is 4.58. The molecule has 0 aliphatic rings. The molecular formula is C21H38IN. The van der Waals surface area contributed by atoms with Crippen LogP contribution in [0, 0.1) is 6.92 Å². The molecule has 0 saturated heterocycles. The molecule has 0 atom stereocenters. The van der Waals surface area contributed by atoms with Gasteiger partial charge in [0.1, 0.15) is 6.54 Å². The van der Waals surface area contributed by atoms with Gasteiger partial charge in [0.15, 0.2) is 12.4 Å². The van der Waals surface area contributed by atoms with Crippen molar-refractivity contribution in [2.75, 3.05) is 0 Å². The fourth-order valence-corrected chi connectivity index (χ4v) is 2.99. The first-order valence-electron chi connectivity index (χ1n) is 9.78. The summed E-state index contributed by atoms with van der Waals surface area (Å²) in [5.41, 5.74) is 1.35. The predicted molar refractivity (Wildman–Crippen MR) is 97.1 cm³/mol. The molecule has 0 aliphatic carbocycles. The van der Waals surface area contributed by atoms with Gasteiger partial charge in [-0.3, -0.25) is 0 Å². The fourth-order valence-electron chi connectivity index (χ4n) is 2.99. The molecule has 23 heavy (non-hydrogen) atoms. The first-order chi connectivity index (χ1) is 10.8. The molecule has 2 heteroatoms. The van der Waals surface area contributed by atoms with E-state index in [-0.39, 0.29) is 24.0 Å². The van der Waals surface area contributed by atoms with Crippen LogP contribution in [0.25, 0.3) is 0 Å². The first-order valence-corrected chi connectivity index (χ1v) is 9.78. The van der Waals surface area contributed by atoms with E-state index in [0.29, 0.717) is 0 Å². The summed E-state index contributed by atoms with van der Waals surface area (Å²) in [5, 5.41) is 0. The second-order valence-electron chi connectivity index (χ2n) is 6.86. The number of unbranched alkanes of at least 4 members (excludes halogenated alkanes) is 12. The Morgan fingerprint density at radius 2 is 1.04 bits per heavy atom. The SMILES string of the molecule is CCCCCCCCCCCCCCC[n+]1ccc(C)cc1.[I-]. The molecule has 1 aromatic rings. The summed E-state index contributed by atoms with van der Waals surface area (Å²) < 4.78 is 2.31. The van der Waals surface area contributed by atoms with Gasteiger partial charge in [0, 0.05) is 18.6 Å². The van der Waals surface area contributed by atoms with Gasteiger partial charge in [-0.05, 0) is 18.9 Å². The van der Waals surface area contributed by atoms with Crippen LogP contribution < -0.4 is 28.5 Å². The summed E-state index contributed by atoms with van der Waals surface area (Å²) in [7, 11) is 0. The number of pyridine rings is 1. The number of hydrogen-bond donors (Lipinski definition) is 0. The largest absolute Gasteiger partial charge is 1.00 e. The van der Waals surface area contributed by atoms with Gasteiger partial charge in [0.05, 0.1) is 0 Å². The predicted octanol–water partition coefficient (Wildman–Crippen LogP) is 3.38. The number of aromatic nitrogens is 1. The zero-order valence-corrected chi connectivity index (χ0v) is 17.7. The molecule has 0 unspecified atom stereocenters. The number of hydrogen-bond acceptors (Lipinski definition) is 0. The normalized spacial score (nSPS) is 10.5. The minimum Gasteiger partial charge on any atom is -1.00 e. The van der Waals surface area contributed by atoms with Gasteiger partial charge in [0.25, 0.3) is 0 Å². The van der Waals surface area contributed by atoms with Crippen molar-refractivity contribution < 1.29 is 28.5 Å². The van der Waals surface area contributed by atoms with Crippen molar-refractivity contribution in [1.29, 1.82) is 0 Å². The average molecular weight is 431 g/mol. The summed E-state index contributed by atoms with van der Waals surface area (Å²) in [4.78, 5) is 0. The Morgan fingerprint density at radius 1 is 0.652 bits per heavy atom. The third kappa shape index (κ3) is 14.0. The van der Waals surface area contributed by atoms with Gasteiger partial charge in [0.2, 0.25) is 0 Å². The molecule has 134 valence electrons. The Morgan fingerprint density at radius 3 is 1.48 bits per heavy atom. The van der Waals surface area contributed by atoms with E-state index in [1.807, 2.05) is 0 Å². The average Bonchev–Trinajstić information content (AvgIpc) is 2.53. The van der Waals surface area contributed by atoms with Crippen LogP contribution >= 0.6 is 0 Å².